The van der Waals surface area contributed by atoms with Gasteiger partial charge in [0.2, 0.25) is 5.91 Å². The van der Waals surface area contributed by atoms with Gasteiger partial charge in [0.05, 0.1) is 24.9 Å². The fourth-order valence-corrected chi connectivity index (χ4v) is 3.61. The Morgan fingerprint density at radius 2 is 1.91 bits per heavy atom. The smallest absolute Gasteiger partial charge is 0.228 e. The van der Waals surface area contributed by atoms with Gasteiger partial charge in [-0.15, -0.1) is 12.4 Å². The molecule has 2 N–H and O–H groups in total. The second-order valence-electron chi connectivity index (χ2n) is 6.05. The third-order valence-corrected chi connectivity index (χ3v) is 5.13. The van der Waals surface area contributed by atoms with Crippen LogP contribution in [0.15, 0.2) is 12.1 Å². The van der Waals surface area contributed by atoms with Crippen LogP contribution in [0.1, 0.15) is 19.3 Å². The van der Waals surface area contributed by atoms with E-state index in [-0.39, 0.29) is 29.6 Å². The molecule has 1 unspecified atom stereocenters. The molecule has 7 heteroatoms. The van der Waals surface area contributed by atoms with Crippen LogP contribution < -0.4 is 20.1 Å². The summed E-state index contributed by atoms with van der Waals surface area (Å²) in [4.78, 5) is 12.5. The highest BCUT2D eigenvalue weighted by Crippen LogP contribution is 2.59. The summed E-state index contributed by atoms with van der Waals surface area (Å²) in [7, 11) is 3.10. The first-order chi connectivity index (χ1) is 10.6. The van der Waals surface area contributed by atoms with Crippen molar-refractivity contribution in [2.24, 2.45) is 11.3 Å². The monoisotopic (exact) mass is 360 g/mol. The molecule has 23 heavy (non-hydrogen) atoms. The molecule has 1 aliphatic heterocycles. The van der Waals surface area contributed by atoms with Crippen LogP contribution in [0.25, 0.3) is 0 Å². The summed E-state index contributed by atoms with van der Waals surface area (Å²) in [5.74, 6) is 1.23. The van der Waals surface area contributed by atoms with E-state index < -0.39 is 0 Å². The summed E-state index contributed by atoms with van der Waals surface area (Å²) >= 11 is 6.14. The van der Waals surface area contributed by atoms with Crippen molar-refractivity contribution in [3.05, 3.63) is 17.2 Å². The summed E-state index contributed by atoms with van der Waals surface area (Å²) in [5, 5.41) is 6.76. The van der Waals surface area contributed by atoms with E-state index in [1.807, 2.05) is 0 Å². The van der Waals surface area contributed by atoms with Gasteiger partial charge in [0.15, 0.2) is 0 Å². The number of methoxy groups -OCH3 is 2. The van der Waals surface area contributed by atoms with Gasteiger partial charge in [-0.3, -0.25) is 4.79 Å². The van der Waals surface area contributed by atoms with Gasteiger partial charge in [-0.1, -0.05) is 11.6 Å². The van der Waals surface area contributed by atoms with E-state index in [9.17, 15) is 4.79 Å². The van der Waals surface area contributed by atoms with E-state index in [0.717, 1.165) is 32.4 Å². The Kier molecular flexibility index (Phi) is 5.65. The van der Waals surface area contributed by atoms with Gasteiger partial charge < -0.3 is 20.1 Å². The summed E-state index contributed by atoms with van der Waals surface area (Å²) in [6.45, 7) is 2.00. The lowest BCUT2D eigenvalue weighted by Gasteiger charge is -2.23. The van der Waals surface area contributed by atoms with Crippen LogP contribution in [-0.2, 0) is 4.79 Å². The van der Waals surface area contributed by atoms with E-state index >= 15 is 0 Å². The zero-order chi connectivity index (χ0) is 15.7. The molecule has 0 aromatic heterocycles. The molecule has 1 atom stereocenters. The fourth-order valence-electron chi connectivity index (χ4n) is 3.37. The predicted molar refractivity (Wildman–Crippen MR) is 93.1 cm³/mol. The van der Waals surface area contributed by atoms with E-state index in [2.05, 4.69) is 10.6 Å². The molecule has 1 saturated carbocycles. The average Bonchev–Trinajstić information content (AvgIpc) is 3.21. The summed E-state index contributed by atoms with van der Waals surface area (Å²) in [6, 6.07) is 3.36. The van der Waals surface area contributed by atoms with Crippen molar-refractivity contribution in [2.75, 3.05) is 32.6 Å². The van der Waals surface area contributed by atoms with Gasteiger partial charge in [-0.25, -0.2) is 0 Å². The first-order valence-corrected chi connectivity index (χ1v) is 7.90. The molecule has 5 nitrogen and oxygen atoms in total. The highest BCUT2D eigenvalue weighted by atomic mass is 35.5. The van der Waals surface area contributed by atoms with Crippen molar-refractivity contribution >= 4 is 35.6 Å². The van der Waals surface area contributed by atoms with E-state index in [4.69, 9.17) is 21.1 Å². The van der Waals surface area contributed by atoms with Crippen molar-refractivity contribution in [1.82, 2.24) is 5.32 Å². The van der Waals surface area contributed by atoms with E-state index in [1.165, 1.54) is 0 Å². The highest BCUT2D eigenvalue weighted by molar-refractivity contribution is 6.32. The minimum absolute atomic E-state index is 0. The minimum atomic E-state index is 0. The zero-order valence-corrected chi connectivity index (χ0v) is 14.9. The molecule has 1 heterocycles. The quantitative estimate of drug-likeness (QED) is 0.865. The molecular formula is C16H22Cl2N2O3. The highest BCUT2D eigenvalue weighted by Gasteiger charge is 2.57. The molecule has 2 fully saturated rings. The van der Waals surface area contributed by atoms with E-state index in [0.29, 0.717) is 22.2 Å². The molecule has 1 aromatic rings. The van der Waals surface area contributed by atoms with Crippen LogP contribution in [0.2, 0.25) is 5.02 Å². The number of anilines is 1. The number of piperidine rings is 1. The maximum absolute atomic E-state index is 12.5. The molecule has 1 aromatic carbocycles. The minimum Gasteiger partial charge on any atom is -0.495 e. The van der Waals surface area contributed by atoms with Gasteiger partial charge in [0.25, 0.3) is 0 Å². The second-order valence-corrected chi connectivity index (χ2v) is 6.45. The Balaban J connectivity index is 0.00000192. The van der Waals surface area contributed by atoms with Crippen molar-refractivity contribution in [2.45, 2.75) is 19.3 Å². The van der Waals surface area contributed by atoms with Crippen LogP contribution >= 0.6 is 24.0 Å². The van der Waals surface area contributed by atoms with Crippen molar-refractivity contribution in [3.8, 4) is 11.5 Å². The Bertz CT molecular complexity index is 589. The van der Waals surface area contributed by atoms with Crippen LogP contribution in [0, 0.1) is 11.3 Å². The number of ether oxygens (including phenoxy) is 2. The van der Waals surface area contributed by atoms with Gasteiger partial charge >= 0.3 is 0 Å². The Morgan fingerprint density at radius 1 is 1.26 bits per heavy atom. The molecule has 1 aliphatic carbocycles. The molecule has 2 aliphatic rings. The maximum atomic E-state index is 12.5. The number of carbonyl (C=O) groups excluding carboxylic acids is 1. The maximum Gasteiger partial charge on any atom is 0.228 e. The Morgan fingerprint density at radius 3 is 2.52 bits per heavy atom. The third-order valence-electron chi connectivity index (χ3n) is 4.84. The molecule has 3 rings (SSSR count). The van der Waals surface area contributed by atoms with Crippen molar-refractivity contribution in [3.63, 3.8) is 0 Å². The number of halogens is 2. The first-order valence-electron chi connectivity index (χ1n) is 7.53. The standard InChI is InChI=1S/C16H21ClN2O3.ClH/c1-21-13-8-14(22-2)12(7-11(13)17)19-15(20)10-9-16(10)3-5-18-6-4-16;/h7-8,10,18H,3-6,9H2,1-2H3,(H,19,20);1H. The first kappa shape index (κ1) is 18.2. The average molecular weight is 361 g/mol. The van der Waals surface area contributed by atoms with E-state index in [1.54, 1.807) is 26.4 Å². The normalized spacial score (nSPS) is 21.3. The summed E-state index contributed by atoms with van der Waals surface area (Å²) in [6.07, 6.45) is 3.13. The zero-order valence-electron chi connectivity index (χ0n) is 13.3. The third kappa shape index (κ3) is 3.52. The number of hydrogen-bond acceptors (Lipinski definition) is 4. The SMILES string of the molecule is COc1cc(OC)c(NC(=O)C2CC23CCNCC3)cc1Cl.Cl. The number of rotatable bonds is 4. The molecule has 0 radical (unpaired) electrons. The summed E-state index contributed by atoms with van der Waals surface area (Å²) in [5.41, 5.74) is 0.799. The molecule has 1 saturated heterocycles. The number of benzene rings is 1. The van der Waals surface area contributed by atoms with Crippen LogP contribution in [0.5, 0.6) is 11.5 Å². The predicted octanol–water partition coefficient (Wildman–Crippen LogP) is 3.11. The second kappa shape index (κ2) is 7.16. The van der Waals surface area contributed by atoms with Gasteiger partial charge in [-0.2, -0.15) is 0 Å². The number of carbonyl (C=O) groups is 1. The molecule has 0 bridgehead atoms. The Hall–Kier alpha value is -1.17. The lowest BCUT2D eigenvalue weighted by atomic mass is 9.92. The number of amides is 1. The molecular weight excluding hydrogens is 339 g/mol. The van der Waals surface area contributed by atoms with Crippen LogP contribution in [0.4, 0.5) is 5.69 Å². The molecule has 1 spiro atoms. The van der Waals surface area contributed by atoms with Gasteiger partial charge in [0, 0.05) is 12.0 Å². The summed E-state index contributed by atoms with van der Waals surface area (Å²) < 4.78 is 10.5. The van der Waals surface area contributed by atoms with Crippen molar-refractivity contribution in [1.29, 1.82) is 0 Å². The van der Waals surface area contributed by atoms with Crippen LogP contribution in [0.3, 0.4) is 0 Å². The number of nitrogens with one attached hydrogen (secondary N) is 2. The largest absolute Gasteiger partial charge is 0.495 e. The Labute approximate surface area is 147 Å². The lowest BCUT2D eigenvalue weighted by Crippen LogP contribution is -2.31. The lowest BCUT2D eigenvalue weighted by molar-refractivity contribution is -0.118. The fraction of sp³-hybridized carbons (Fsp3) is 0.562. The van der Waals surface area contributed by atoms with Crippen LogP contribution in [-0.4, -0.2) is 33.2 Å². The molecule has 1 amide bonds. The topological polar surface area (TPSA) is 59.6 Å². The van der Waals surface area contributed by atoms with Crippen molar-refractivity contribution < 1.29 is 14.3 Å². The van der Waals surface area contributed by atoms with Gasteiger partial charge in [-0.05, 0) is 43.8 Å². The van der Waals surface area contributed by atoms with Gasteiger partial charge in [0.1, 0.15) is 11.5 Å². The molecule has 128 valence electrons. The number of hydrogen-bond donors (Lipinski definition) is 2.